The molecule has 7 nitrogen and oxygen atoms in total. The van der Waals surface area contributed by atoms with Gasteiger partial charge in [0.2, 0.25) is 0 Å². The maximum absolute atomic E-state index is 4.87. The van der Waals surface area contributed by atoms with Crippen LogP contribution in [0.15, 0.2) is 47.7 Å². The van der Waals surface area contributed by atoms with Crippen LogP contribution in [-0.2, 0) is 13.6 Å². The minimum atomic E-state index is 0.393. The molecule has 1 aromatic carbocycles. The average molecular weight is 426 g/mol. The second-order valence-electron chi connectivity index (χ2n) is 8.60. The molecule has 0 spiro atoms. The van der Waals surface area contributed by atoms with Crippen molar-refractivity contribution in [3.05, 3.63) is 48.3 Å². The zero-order valence-electron chi connectivity index (χ0n) is 19.6. The van der Waals surface area contributed by atoms with Crippen molar-refractivity contribution in [1.29, 1.82) is 0 Å². The first kappa shape index (κ1) is 23.1. The first-order chi connectivity index (χ1) is 15.0. The van der Waals surface area contributed by atoms with Gasteiger partial charge in [-0.1, -0.05) is 30.3 Å². The highest BCUT2D eigenvalue weighted by molar-refractivity contribution is 5.80. The van der Waals surface area contributed by atoms with E-state index in [0.717, 1.165) is 51.5 Å². The van der Waals surface area contributed by atoms with E-state index < -0.39 is 0 Å². The molecule has 2 aromatic rings. The summed E-state index contributed by atoms with van der Waals surface area (Å²) in [7, 11) is 4.16. The van der Waals surface area contributed by atoms with Crippen molar-refractivity contribution in [2.45, 2.75) is 51.7 Å². The van der Waals surface area contributed by atoms with Crippen molar-refractivity contribution in [2.24, 2.45) is 12.0 Å². The van der Waals surface area contributed by atoms with E-state index in [9.17, 15) is 0 Å². The molecule has 1 aromatic heterocycles. The smallest absolute Gasteiger partial charge is 0.191 e. The average Bonchev–Trinajstić information content (AvgIpc) is 3.21. The number of benzene rings is 1. The van der Waals surface area contributed by atoms with Gasteiger partial charge in [-0.25, -0.2) is 0 Å². The van der Waals surface area contributed by atoms with Gasteiger partial charge in [-0.05, 0) is 45.7 Å². The van der Waals surface area contributed by atoms with E-state index in [4.69, 9.17) is 4.99 Å². The van der Waals surface area contributed by atoms with Gasteiger partial charge in [0.15, 0.2) is 5.96 Å². The lowest BCUT2D eigenvalue weighted by atomic mass is 10.1. The number of guanidine groups is 1. The number of anilines is 1. The van der Waals surface area contributed by atoms with Gasteiger partial charge in [-0.15, -0.1) is 0 Å². The maximum atomic E-state index is 4.87. The van der Waals surface area contributed by atoms with E-state index in [2.05, 4.69) is 83.0 Å². The first-order valence-corrected chi connectivity index (χ1v) is 11.6. The van der Waals surface area contributed by atoms with Crippen LogP contribution in [0.2, 0.25) is 0 Å². The van der Waals surface area contributed by atoms with Gasteiger partial charge in [0.25, 0.3) is 0 Å². The second-order valence-corrected chi connectivity index (χ2v) is 8.60. The van der Waals surface area contributed by atoms with Gasteiger partial charge in [-0.2, -0.15) is 5.10 Å². The van der Waals surface area contributed by atoms with E-state index in [-0.39, 0.29) is 0 Å². The molecule has 31 heavy (non-hydrogen) atoms. The number of aryl methyl sites for hydroxylation is 1. The fourth-order valence-corrected chi connectivity index (χ4v) is 4.03. The van der Waals surface area contributed by atoms with E-state index in [1.807, 2.05) is 17.9 Å². The summed E-state index contributed by atoms with van der Waals surface area (Å²) in [6.07, 6.45) is 7.42. The lowest BCUT2D eigenvalue weighted by Crippen LogP contribution is -2.51. The number of rotatable bonds is 9. The van der Waals surface area contributed by atoms with Crippen LogP contribution in [0.4, 0.5) is 5.69 Å². The molecule has 0 radical (unpaired) electrons. The Labute approximate surface area is 187 Å². The molecular weight excluding hydrogens is 386 g/mol. The third-order valence-electron chi connectivity index (χ3n) is 6.01. The largest absolute Gasteiger partial charge is 0.367 e. The molecule has 2 N–H and O–H groups in total. The van der Waals surface area contributed by atoms with Crippen LogP contribution in [0.1, 0.15) is 38.7 Å². The monoisotopic (exact) mass is 425 g/mol. The zero-order chi connectivity index (χ0) is 22.1. The summed E-state index contributed by atoms with van der Waals surface area (Å²) in [6, 6.07) is 11.5. The predicted molar refractivity (Wildman–Crippen MR) is 130 cm³/mol. The van der Waals surface area contributed by atoms with Crippen molar-refractivity contribution < 1.29 is 0 Å². The molecule has 170 valence electrons. The van der Waals surface area contributed by atoms with Crippen LogP contribution in [0.5, 0.6) is 0 Å². The topological polar surface area (TPSA) is 60.7 Å². The summed E-state index contributed by atoms with van der Waals surface area (Å²) in [5.74, 6) is 0.929. The Kier molecular flexibility index (Phi) is 8.76. The van der Waals surface area contributed by atoms with E-state index in [0.29, 0.717) is 12.1 Å². The molecule has 1 fully saturated rings. The molecule has 2 atom stereocenters. The summed E-state index contributed by atoms with van der Waals surface area (Å²) >= 11 is 0. The van der Waals surface area contributed by atoms with Gasteiger partial charge < -0.3 is 15.5 Å². The number of piperidine rings is 1. The normalized spacial score (nSPS) is 18.3. The lowest BCUT2D eigenvalue weighted by molar-refractivity contribution is 0.240. The molecule has 1 aliphatic heterocycles. The third-order valence-corrected chi connectivity index (χ3v) is 6.01. The minimum absolute atomic E-state index is 0.393. The SMILES string of the molecule is CCNC(=NCCC(C)N(C)Cc1ccccc1)NC1CCCN(c2cnn(C)c2)C1. The quantitative estimate of drug-likeness (QED) is 0.478. The molecule has 3 rings (SSSR count). The first-order valence-electron chi connectivity index (χ1n) is 11.6. The van der Waals surface area contributed by atoms with Crippen LogP contribution >= 0.6 is 0 Å². The lowest BCUT2D eigenvalue weighted by Gasteiger charge is -2.34. The maximum Gasteiger partial charge on any atom is 0.191 e. The van der Waals surface area contributed by atoms with Gasteiger partial charge in [-0.3, -0.25) is 14.6 Å². The van der Waals surface area contributed by atoms with E-state index in [1.165, 1.54) is 17.7 Å². The molecule has 1 saturated heterocycles. The molecule has 7 heteroatoms. The van der Waals surface area contributed by atoms with Crippen LogP contribution in [-0.4, -0.2) is 66.0 Å². The van der Waals surface area contributed by atoms with Gasteiger partial charge in [0.1, 0.15) is 0 Å². The summed E-state index contributed by atoms with van der Waals surface area (Å²) in [6.45, 7) is 9.12. The van der Waals surface area contributed by atoms with Crippen LogP contribution in [0.25, 0.3) is 0 Å². The van der Waals surface area contributed by atoms with Crippen LogP contribution in [0.3, 0.4) is 0 Å². The molecule has 0 aliphatic carbocycles. The van der Waals surface area contributed by atoms with Gasteiger partial charge in [0.05, 0.1) is 11.9 Å². The Morgan fingerprint density at radius 3 is 2.84 bits per heavy atom. The Hall–Kier alpha value is -2.54. The molecule has 0 amide bonds. The third kappa shape index (κ3) is 7.28. The number of aromatic nitrogens is 2. The molecule has 0 saturated carbocycles. The zero-order valence-corrected chi connectivity index (χ0v) is 19.6. The standard InChI is InChI=1S/C24H39N7/c1-5-25-24(26-14-13-20(2)29(3)17-21-10-7-6-8-11-21)28-22-12-9-15-31(18-22)23-16-27-30(4)19-23/h6-8,10-11,16,19-20,22H,5,9,12-15,17-18H2,1-4H3,(H2,25,26,28). The Morgan fingerprint density at radius 1 is 1.32 bits per heavy atom. The predicted octanol–water partition coefficient (Wildman–Crippen LogP) is 2.85. The summed E-state index contributed by atoms with van der Waals surface area (Å²) in [5, 5.41) is 11.4. The fourth-order valence-electron chi connectivity index (χ4n) is 4.03. The number of aliphatic imine (C=N–C) groups is 1. The van der Waals surface area contributed by atoms with E-state index >= 15 is 0 Å². The molecule has 2 unspecified atom stereocenters. The Bertz CT molecular complexity index is 801. The van der Waals surface area contributed by atoms with Crippen molar-refractivity contribution in [3.63, 3.8) is 0 Å². The number of hydrogen-bond acceptors (Lipinski definition) is 4. The highest BCUT2D eigenvalue weighted by Crippen LogP contribution is 2.19. The number of hydrogen-bond donors (Lipinski definition) is 2. The second kappa shape index (κ2) is 11.7. The molecule has 0 bridgehead atoms. The van der Waals surface area contributed by atoms with Crippen molar-refractivity contribution in [3.8, 4) is 0 Å². The van der Waals surface area contributed by atoms with Gasteiger partial charge >= 0.3 is 0 Å². The van der Waals surface area contributed by atoms with E-state index in [1.54, 1.807) is 0 Å². The molecular formula is C24H39N7. The summed E-state index contributed by atoms with van der Waals surface area (Å²) in [4.78, 5) is 9.69. The Morgan fingerprint density at radius 2 is 2.13 bits per heavy atom. The van der Waals surface area contributed by atoms with Gasteiger partial charge in [0, 0.05) is 58.1 Å². The van der Waals surface area contributed by atoms with Crippen LogP contribution < -0.4 is 15.5 Å². The highest BCUT2D eigenvalue weighted by atomic mass is 15.3. The van der Waals surface area contributed by atoms with Crippen molar-refractivity contribution >= 4 is 11.6 Å². The molecule has 2 heterocycles. The number of nitrogens with one attached hydrogen (secondary N) is 2. The fraction of sp³-hybridized carbons (Fsp3) is 0.583. The van der Waals surface area contributed by atoms with Crippen molar-refractivity contribution in [1.82, 2.24) is 25.3 Å². The summed E-state index contributed by atoms with van der Waals surface area (Å²) < 4.78 is 1.87. The Balaban J connectivity index is 1.48. The van der Waals surface area contributed by atoms with Crippen LogP contribution in [0, 0.1) is 0 Å². The highest BCUT2D eigenvalue weighted by Gasteiger charge is 2.21. The minimum Gasteiger partial charge on any atom is -0.367 e. The van der Waals surface area contributed by atoms with Crippen molar-refractivity contribution in [2.75, 3.05) is 38.1 Å². The summed E-state index contributed by atoms with van der Waals surface area (Å²) in [5.41, 5.74) is 2.55. The number of nitrogens with zero attached hydrogens (tertiary/aromatic N) is 5. The molecule has 1 aliphatic rings.